The van der Waals surface area contributed by atoms with Crippen LogP contribution in [0.1, 0.15) is 0 Å². The zero-order chi connectivity index (χ0) is 18.2. The lowest BCUT2D eigenvalue weighted by Crippen LogP contribution is -2.65. The minimum Gasteiger partial charge on any atom is -0.479 e. The summed E-state index contributed by atoms with van der Waals surface area (Å²) in [6.45, 7) is -0.738. The van der Waals surface area contributed by atoms with Crippen LogP contribution in [0.2, 0.25) is 0 Å². The molecule has 0 bridgehead atoms. The van der Waals surface area contributed by atoms with Crippen molar-refractivity contribution in [2.45, 2.75) is 61.4 Å². The predicted molar refractivity (Wildman–Crippen MR) is 69.2 cm³/mol. The zero-order valence-corrected chi connectivity index (χ0v) is 12.2. The van der Waals surface area contributed by atoms with E-state index < -0.39 is 74.0 Å². The second-order valence-electron chi connectivity index (χ2n) is 5.56. The molecule has 0 aromatic heterocycles. The van der Waals surface area contributed by atoms with Crippen molar-refractivity contribution in [2.75, 3.05) is 6.61 Å². The SMILES string of the molecule is O=C(O)[C@H]1OC(O)[C@H](O)[C@@H](O)[C@@H]1O[C@H]1O[C@H](CO)[C@@H](O)[C@H](O)[C@H]1O. The monoisotopic (exact) mass is 356 g/mol. The van der Waals surface area contributed by atoms with Gasteiger partial charge in [-0.3, -0.25) is 0 Å². The van der Waals surface area contributed by atoms with E-state index in [0.717, 1.165) is 0 Å². The lowest BCUT2D eigenvalue weighted by atomic mass is 9.97. The molecule has 1 unspecified atom stereocenters. The Morgan fingerprint density at radius 2 is 1.50 bits per heavy atom. The highest BCUT2D eigenvalue weighted by atomic mass is 16.7. The van der Waals surface area contributed by atoms with Crippen LogP contribution in [-0.2, 0) is 19.0 Å². The Labute approximate surface area is 135 Å². The van der Waals surface area contributed by atoms with Crippen molar-refractivity contribution in [3.8, 4) is 0 Å². The van der Waals surface area contributed by atoms with Gasteiger partial charge >= 0.3 is 5.97 Å². The van der Waals surface area contributed by atoms with Crippen molar-refractivity contribution in [3.05, 3.63) is 0 Å². The van der Waals surface area contributed by atoms with Gasteiger partial charge in [-0.25, -0.2) is 4.79 Å². The van der Waals surface area contributed by atoms with Crippen molar-refractivity contribution >= 4 is 5.97 Å². The molecule has 8 N–H and O–H groups in total. The number of aliphatic carboxylic acids is 1. The molecule has 2 heterocycles. The molecule has 2 aliphatic rings. The molecule has 0 aromatic carbocycles. The van der Waals surface area contributed by atoms with E-state index in [1.54, 1.807) is 0 Å². The maximum atomic E-state index is 11.2. The Bertz CT molecular complexity index is 444. The summed E-state index contributed by atoms with van der Waals surface area (Å²) in [5.41, 5.74) is 0. The molecule has 0 aliphatic carbocycles. The predicted octanol–water partition coefficient (Wildman–Crippen LogP) is -5.30. The summed E-state index contributed by atoms with van der Waals surface area (Å²) in [6.07, 6.45) is -17.8. The van der Waals surface area contributed by atoms with Crippen molar-refractivity contribution in [1.82, 2.24) is 0 Å². The van der Waals surface area contributed by atoms with Crippen LogP contribution in [0, 0.1) is 0 Å². The summed E-state index contributed by atoms with van der Waals surface area (Å²) in [5, 5.41) is 76.2. The molecule has 0 radical (unpaired) electrons. The molecule has 0 spiro atoms. The first-order valence-electron chi connectivity index (χ1n) is 7.07. The number of carboxylic acids is 1. The highest BCUT2D eigenvalue weighted by molar-refractivity contribution is 5.73. The van der Waals surface area contributed by atoms with Crippen LogP contribution in [0.4, 0.5) is 0 Å². The third kappa shape index (κ3) is 3.52. The van der Waals surface area contributed by atoms with Crippen molar-refractivity contribution in [3.63, 3.8) is 0 Å². The Balaban J connectivity index is 2.18. The molecule has 2 fully saturated rings. The molecule has 0 amide bonds. The summed E-state index contributed by atoms with van der Waals surface area (Å²) in [4.78, 5) is 11.2. The number of hydrogen-bond acceptors (Lipinski definition) is 11. The van der Waals surface area contributed by atoms with E-state index in [1.165, 1.54) is 0 Å². The van der Waals surface area contributed by atoms with Gasteiger partial charge in [-0.15, -0.1) is 0 Å². The van der Waals surface area contributed by atoms with E-state index in [0.29, 0.717) is 0 Å². The van der Waals surface area contributed by atoms with Crippen LogP contribution >= 0.6 is 0 Å². The molecule has 12 heteroatoms. The van der Waals surface area contributed by atoms with Gasteiger partial charge in [0.2, 0.25) is 0 Å². The largest absolute Gasteiger partial charge is 0.479 e. The van der Waals surface area contributed by atoms with E-state index in [1.807, 2.05) is 0 Å². The van der Waals surface area contributed by atoms with Crippen LogP contribution < -0.4 is 0 Å². The molecule has 0 aromatic rings. The topological polar surface area (TPSA) is 207 Å². The van der Waals surface area contributed by atoms with E-state index in [2.05, 4.69) is 4.74 Å². The number of carbonyl (C=O) groups is 1. The van der Waals surface area contributed by atoms with Gasteiger partial charge in [0, 0.05) is 0 Å². The van der Waals surface area contributed by atoms with Gasteiger partial charge in [0.15, 0.2) is 18.7 Å². The Morgan fingerprint density at radius 3 is 2.04 bits per heavy atom. The molecule has 2 aliphatic heterocycles. The fourth-order valence-electron chi connectivity index (χ4n) is 2.54. The third-order valence-electron chi connectivity index (χ3n) is 3.95. The zero-order valence-electron chi connectivity index (χ0n) is 12.2. The number of carboxylic acid groups (broad SMARTS) is 1. The quantitative estimate of drug-likeness (QED) is 0.238. The van der Waals surface area contributed by atoms with Crippen molar-refractivity contribution < 1.29 is 59.9 Å². The molecular formula is C12H20O12. The number of hydrogen-bond donors (Lipinski definition) is 8. The summed E-state index contributed by atoms with van der Waals surface area (Å²) in [5.74, 6) is -1.63. The van der Waals surface area contributed by atoms with Crippen LogP contribution in [0.15, 0.2) is 0 Å². The summed E-state index contributed by atoms with van der Waals surface area (Å²) < 4.78 is 14.8. The molecule has 2 rings (SSSR count). The van der Waals surface area contributed by atoms with Crippen LogP contribution in [0.5, 0.6) is 0 Å². The Kier molecular flexibility index (Phi) is 6.09. The first kappa shape index (κ1) is 19.4. The molecule has 24 heavy (non-hydrogen) atoms. The summed E-state index contributed by atoms with van der Waals surface area (Å²) in [7, 11) is 0. The Hall–Kier alpha value is -0.930. The van der Waals surface area contributed by atoms with Crippen LogP contribution in [0.3, 0.4) is 0 Å². The standard InChI is InChI=1S/C12H20O12/c13-1-2-3(14)4(15)7(18)12(22-2)24-8-5(16)6(17)11(21)23-9(8)10(19)20/h2-9,11-18,21H,1H2,(H,19,20)/t2-,3-,4+,5-,6-,7-,8+,9+,11?,12-/m1/s1. The minimum absolute atomic E-state index is 0.738. The van der Waals surface area contributed by atoms with Gasteiger partial charge in [-0.05, 0) is 0 Å². The smallest absolute Gasteiger partial charge is 0.335 e. The second-order valence-corrected chi connectivity index (χ2v) is 5.56. The molecule has 2 saturated heterocycles. The van der Waals surface area contributed by atoms with Gasteiger partial charge < -0.3 is 55.1 Å². The maximum Gasteiger partial charge on any atom is 0.335 e. The minimum atomic E-state index is -1.98. The van der Waals surface area contributed by atoms with E-state index in [-0.39, 0.29) is 0 Å². The highest BCUT2D eigenvalue weighted by Gasteiger charge is 2.52. The molecule has 140 valence electrons. The van der Waals surface area contributed by atoms with Crippen LogP contribution in [-0.4, -0.2) is 115 Å². The first-order valence-corrected chi connectivity index (χ1v) is 7.07. The number of aliphatic hydroxyl groups excluding tert-OH is 7. The average molecular weight is 356 g/mol. The van der Waals surface area contributed by atoms with Crippen molar-refractivity contribution in [1.29, 1.82) is 0 Å². The molecular weight excluding hydrogens is 336 g/mol. The van der Waals surface area contributed by atoms with Gasteiger partial charge in [0.1, 0.15) is 42.7 Å². The molecule has 10 atom stereocenters. The second kappa shape index (κ2) is 7.53. The first-order chi connectivity index (χ1) is 11.2. The highest BCUT2D eigenvalue weighted by Crippen LogP contribution is 2.28. The van der Waals surface area contributed by atoms with E-state index in [4.69, 9.17) is 19.7 Å². The van der Waals surface area contributed by atoms with Gasteiger partial charge in [0.25, 0.3) is 0 Å². The fourth-order valence-corrected chi connectivity index (χ4v) is 2.54. The molecule has 0 saturated carbocycles. The van der Waals surface area contributed by atoms with Crippen molar-refractivity contribution in [2.24, 2.45) is 0 Å². The van der Waals surface area contributed by atoms with Gasteiger partial charge in [-0.1, -0.05) is 0 Å². The summed E-state index contributed by atoms with van der Waals surface area (Å²) >= 11 is 0. The lowest BCUT2D eigenvalue weighted by molar-refractivity contribution is -0.350. The van der Waals surface area contributed by atoms with Crippen LogP contribution in [0.25, 0.3) is 0 Å². The molecule has 12 nitrogen and oxygen atoms in total. The normalized spacial score (nSPS) is 49.8. The fraction of sp³-hybridized carbons (Fsp3) is 0.917. The number of rotatable bonds is 4. The Morgan fingerprint density at radius 1 is 0.875 bits per heavy atom. The number of aliphatic hydroxyl groups is 7. The van der Waals surface area contributed by atoms with E-state index >= 15 is 0 Å². The third-order valence-corrected chi connectivity index (χ3v) is 3.95. The van der Waals surface area contributed by atoms with E-state index in [9.17, 15) is 35.4 Å². The van der Waals surface area contributed by atoms with Gasteiger partial charge in [-0.2, -0.15) is 0 Å². The average Bonchev–Trinajstić information content (AvgIpc) is 2.54. The lowest BCUT2D eigenvalue weighted by Gasteiger charge is -2.44. The maximum absolute atomic E-state index is 11.2. The van der Waals surface area contributed by atoms with Gasteiger partial charge in [0.05, 0.1) is 6.61 Å². The summed E-state index contributed by atoms with van der Waals surface area (Å²) in [6, 6.07) is 0. The number of ether oxygens (including phenoxy) is 3.